The summed E-state index contributed by atoms with van der Waals surface area (Å²) in [6, 6.07) is 7.74. The van der Waals surface area contributed by atoms with Crippen LogP contribution in [0.1, 0.15) is 20.7 Å². The molecule has 2 aromatic rings. The van der Waals surface area contributed by atoms with Crippen LogP contribution in [0.15, 0.2) is 35.2 Å². The number of anilines is 2. The summed E-state index contributed by atoms with van der Waals surface area (Å²) in [5.74, 6) is -0.216. The number of ether oxygens (including phenoxy) is 4. The summed E-state index contributed by atoms with van der Waals surface area (Å²) in [5.41, 5.74) is 12.8. The molecule has 0 saturated heterocycles. The van der Waals surface area contributed by atoms with Crippen molar-refractivity contribution in [3.8, 4) is 16.9 Å². The lowest BCUT2D eigenvalue weighted by Gasteiger charge is -2.09. The first kappa shape index (κ1) is 23.5. The number of hydrogen-bond acceptors (Lipinski definition) is 10. The average Bonchev–Trinajstić information content (AvgIpc) is 2.74. The van der Waals surface area contributed by atoms with Gasteiger partial charge in [0.15, 0.2) is 0 Å². The van der Waals surface area contributed by atoms with Crippen LogP contribution in [0.25, 0.3) is 0 Å². The second-order valence-electron chi connectivity index (χ2n) is 5.23. The summed E-state index contributed by atoms with van der Waals surface area (Å²) in [6.45, 7) is 0. The third kappa shape index (κ3) is 6.22. The SMILES string of the molecule is COC(=O)c1cc(SC#N)c(N)cc1OC.COC(=O)c1ccc(N)cc1OC. The fourth-order valence-corrected chi connectivity index (χ4v) is 2.59. The van der Waals surface area contributed by atoms with Crippen molar-refractivity contribution < 1.29 is 28.5 Å². The van der Waals surface area contributed by atoms with Crippen LogP contribution in [0.5, 0.6) is 11.5 Å². The maximum Gasteiger partial charge on any atom is 0.341 e. The smallest absolute Gasteiger partial charge is 0.341 e. The molecule has 0 fully saturated rings. The molecule has 0 atom stereocenters. The van der Waals surface area contributed by atoms with Crippen molar-refractivity contribution in [2.45, 2.75) is 4.90 Å². The Labute approximate surface area is 172 Å². The second kappa shape index (κ2) is 11.3. The van der Waals surface area contributed by atoms with Gasteiger partial charge in [-0.25, -0.2) is 9.59 Å². The van der Waals surface area contributed by atoms with Gasteiger partial charge < -0.3 is 30.4 Å². The van der Waals surface area contributed by atoms with Gasteiger partial charge in [0, 0.05) is 22.7 Å². The van der Waals surface area contributed by atoms with E-state index in [0.29, 0.717) is 33.3 Å². The van der Waals surface area contributed by atoms with Gasteiger partial charge in [-0.2, -0.15) is 5.26 Å². The van der Waals surface area contributed by atoms with E-state index >= 15 is 0 Å². The number of carbonyl (C=O) groups is 2. The van der Waals surface area contributed by atoms with Crippen molar-refractivity contribution in [2.75, 3.05) is 39.9 Å². The van der Waals surface area contributed by atoms with Crippen LogP contribution in [0.3, 0.4) is 0 Å². The van der Waals surface area contributed by atoms with Gasteiger partial charge in [0.1, 0.15) is 28.0 Å². The number of thiocyanates is 1. The van der Waals surface area contributed by atoms with Gasteiger partial charge in [0.05, 0.1) is 34.1 Å². The monoisotopic (exact) mass is 419 g/mol. The van der Waals surface area contributed by atoms with Gasteiger partial charge in [-0.15, -0.1) is 0 Å². The molecule has 29 heavy (non-hydrogen) atoms. The predicted molar refractivity (Wildman–Crippen MR) is 109 cm³/mol. The molecule has 2 rings (SSSR count). The van der Waals surface area contributed by atoms with E-state index in [9.17, 15) is 9.59 Å². The van der Waals surface area contributed by atoms with E-state index in [-0.39, 0.29) is 5.56 Å². The molecule has 0 heterocycles. The predicted octanol–water partition coefficient (Wildman–Crippen LogP) is 2.70. The van der Waals surface area contributed by atoms with E-state index in [1.807, 2.05) is 5.40 Å². The molecule has 4 N–H and O–H groups in total. The van der Waals surface area contributed by atoms with E-state index in [1.54, 1.807) is 18.2 Å². The molecule has 0 aromatic heterocycles. The van der Waals surface area contributed by atoms with Crippen LogP contribution in [0.2, 0.25) is 0 Å². The summed E-state index contributed by atoms with van der Waals surface area (Å²) in [6.07, 6.45) is 0. The van der Waals surface area contributed by atoms with Crippen molar-refractivity contribution in [3.05, 3.63) is 41.5 Å². The van der Waals surface area contributed by atoms with E-state index in [4.69, 9.17) is 26.2 Å². The Bertz CT molecular complexity index is 927. The molecule has 0 unspecified atom stereocenters. The van der Waals surface area contributed by atoms with Crippen molar-refractivity contribution >= 4 is 35.1 Å². The fraction of sp³-hybridized carbons (Fsp3) is 0.211. The highest BCUT2D eigenvalue weighted by Crippen LogP contribution is 2.32. The Morgan fingerprint density at radius 2 is 1.45 bits per heavy atom. The Balaban J connectivity index is 0.000000296. The van der Waals surface area contributed by atoms with Crippen LogP contribution in [0.4, 0.5) is 11.4 Å². The molecular formula is C19H21N3O6S. The highest BCUT2D eigenvalue weighted by molar-refractivity contribution is 8.03. The number of carbonyl (C=O) groups excluding carboxylic acids is 2. The Hall–Kier alpha value is -3.58. The molecule has 0 bridgehead atoms. The number of hydrogen-bond donors (Lipinski definition) is 2. The number of nitrogens with two attached hydrogens (primary N) is 2. The third-order valence-electron chi connectivity index (χ3n) is 3.52. The molecule has 0 radical (unpaired) electrons. The number of nitriles is 1. The van der Waals surface area contributed by atoms with Crippen LogP contribution < -0.4 is 20.9 Å². The summed E-state index contributed by atoms with van der Waals surface area (Å²) in [5, 5.41) is 10.5. The molecule has 0 amide bonds. The minimum atomic E-state index is -0.531. The molecule has 9 nitrogen and oxygen atoms in total. The first-order valence-corrected chi connectivity index (χ1v) is 8.78. The fourth-order valence-electron chi connectivity index (χ4n) is 2.14. The van der Waals surface area contributed by atoms with E-state index in [0.717, 1.165) is 11.8 Å². The molecule has 0 aliphatic heterocycles. The average molecular weight is 419 g/mol. The van der Waals surface area contributed by atoms with E-state index < -0.39 is 11.9 Å². The first-order valence-electron chi connectivity index (χ1n) is 7.96. The van der Waals surface area contributed by atoms with Crippen molar-refractivity contribution in [1.29, 1.82) is 5.26 Å². The largest absolute Gasteiger partial charge is 0.496 e. The quantitative estimate of drug-likeness (QED) is 0.321. The Morgan fingerprint density at radius 3 is 1.97 bits per heavy atom. The minimum Gasteiger partial charge on any atom is -0.496 e. The molecule has 2 aromatic carbocycles. The van der Waals surface area contributed by atoms with E-state index in [1.165, 1.54) is 40.6 Å². The minimum absolute atomic E-state index is 0.247. The summed E-state index contributed by atoms with van der Waals surface area (Å²) in [7, 11) is 5.49. The Morgan fingerprint density at radius 1 is 0.897 bits per heavy atom. The molecule has 0 aliphatic carbocycles. The third-order valence-corrected chi connectivity index (χ3v) is 4.19. The van der Waals surface area contributed by atoms with Gasteiger partial charge in [-0.05, 0) is 30.0 Å². The van der Waals surface area contributed by atoms with E-state index in [2.05, 4.69) is 9.47 Å². The van der Waals surface area contributed by atoms with Crippen LogP contribution in [-0.4, -0.2) is 40.4 Å². The highest BCUT2D eigenvalue weighted by atomic mass is 32.2. The van der Waals surface area contributed by atoms with Crippen LogP contribution >= 0.6 is 11.8 Å². The van der Waals surface area contributed by atoms with Gasteiger partial charge in [-0.3, -0.25) is 0 Å². The molecule has 0 saturated carbocycles. The second-order valence-corrected chi connectivity index (χ2v) is 6.05. The molecule has 10 heteroatoms. The van der Waals surface area contributed by atoms with Crippen molar-refractivity contribution in [2.24, 2.45) is 0 Å². The molecular weight excluding hydrogens is 398 g/mol. The van der Waals surface area contributed by atoms with Gasteiger partial charge in [-0.1, -0.05) is 0 Å². The number of benzene rings is 2. The number of nitrogens with zero attached hydrogens (tertiary/aromatic N) is 1. The number of rotatable bonds is 5. The molecule has 0 aliphatic rings. The zero-order chi connectivity index (χ0) is 22.0. The zero-order valence-electron chi connectivity index (χ0n) is 16.3. The number of methoxy groups -OCH3 is 4. The lowest BCUT2D eigenvalue weighted by Crippen LogP contribution is -2.05. The normalized spacial score (nSPS) is 9.34. The maximum atomic E-state index is 11.4. The van der Waals surface area contributed by atoms with Crippen LogP contribution in [0, 0.1) is 10.7 Å². The number of nitrogen functional groups attached to an aromatic ring is 2. The van der Waals surface area contributed by atoms with Crippen molar-refractivity contribution in [1.82, 2.24) is 0 Å². The first-order chi connectivity index (χ1) is 13.8. The Kier molecular flexibility index (Phi) is 9.15. The zero-order valence-corrected chi connectivity index (χ0v) is 17.2. The molecule has 0 spiro atoms. The highest BCUT2D eigenvalue weighted by Gasteiger charge is 2.16. The van der Waals surface area contributed by atoms with Gasteiger partial charge >= 0.3 is 11.9 Å². The van der Waals surface area contributed by atoms with Gasteiger partial charge in [0.2, 0.25) is 0 Å². The topological polar surface area (TPSA) is 147 Å². The summed E-state index contributed by atoms with van der Waals surface area (Å²) < 4.78 is 19.1. The lowest BCUT2D eigenvalue weighted by atomic mass is 10.2. The number of esters is 2. The summed E-state index contributed by atoms with van der Waals surface area (Å²) >= 11 is 0.880. The van der Waals surface area contributed by atoms with Gasteiger partial charge in [0.25, 0.3) is 0 Å². The standard InChI is InChI=1S/C10H10N2O3S.C9H11NO3/c1-14-8-4-7(12)9(16-5-11)3-6(8)10(13)15-2;1-12-8-5-6(10)3-4-7(8)9(11)13-2/h3-4H,12H2,1-2H3;3-5H,10H2,1-2H3. The van der Waals surface area contributed by atoms with Crippen LogP contribution in [-0.2, 0) is 9.47 Å². The van der Waals surface area contributed by atoms with Crippen molar-refractivity contribution in [3.63, 3.8) is 0 Å². The molecule has 154 valence electrons. The maximum absolute atomic E-state index is 11.4. The number of thioether (sulfide) groups is 1. The summed E-state index contributed by atoms with van der Waals surface area (Å²) in [4.78, 5) is 23.1. The lowest BCUT2D eigenvalue weighted by molar-refractivity contribution is 0.0588.